The molecule has 1 atom stereocenters. The molecule has 1 aliphatic rings. The van der Waals surface area contributed by atoms with E-state index in [2.05, 4.69) is 15.3 Å². The molecule has 0 bridgehead atoms. The van der Waals surface area contributed by atoms with Gasteiger partial charge in [0, 0.05) is 25.5 Å². The van der Waals surface area contributed by atoms with Crippen LogP contribution in [-0.2, 0) is 4.74 Å². The first kappa shape index (κ1) is 9.68. The van der Waals surface area contributed by atoms with Gasteiger partial charge in [-0.05, 0) is 12.8 Å². The highest BCUT2D eigenvalue weighted by atomic mass is 35.5. The van der Waals surface area contributed by atoms with Gasteiger partial charge in [0.25, 0.3) is 0 Å². The van der Waals surface area contributed by atoms with Crippen LogP contribution in [0.3, 0.4) is 0 Å². The lowest BCUT2D eigenvalue weighted by Crippen LogP contribution is -2.19. The number of hydrogen-bond donors (Lipinski definition) is 1. The molecule has 2 heterocycles. The molecule has 0 spiro atoms. The van der Waals surface area contributed by atoms with Crippen molar-refractivity contribution in [1.82, 2.24) is 9.97 Å². The molecule has 2 rings (SSSR count). The summed E-state index contributed by atoms with van der Waals surface area (Å²) in [6, 6.07) is 0. The van der Waals surface area contributed by atoms with Crippen molar-refractivity contribution in [3.05, 3.63) is 17.5 Å². The molecule has 0 amide bonds. The van der Waals surface area contributed by atoms with E-state index in [1.54, 1.807) is 12.4 Å². The Morgan fingerprint density at radius 2 is 2.36 bits per heavy atom. The van der Waals surface area contributed by atoms with E-state index in [0.29, 0.717) is 11.0 Å². The third-order valence-electron chi connectivity index (χ3n) is 2.17. The highest BCUT2D eigenvalue weighted by molar-refractivity contribution is 6.31. The molecule has 4 nitrogen and oxygen atoms in total. The Morgan fingerprint density at radius 1 is 1.50 bits per heavy atom. The second kappa shape index (κ2) is 4.57. The van der Waals surface area contributed by atoms with Gasteiger partial charge in [-0.15, -0.1) is 0 Å². The van der Waals surface area contributed by atoms with Crippen LogP contribution >= 0.6 is 11.6 Å². The van der Waals surface area contributed by atoms with Crippen LogP contribution in [0.4, 0.5) is 5.82 Å². The Morgan fingerprint density at radius 3 is 3.07 bits per heavy atom. The molecule has 1 saturated heterocycles. The van der Waals surface area contributed by atoms with Crippen molar-refractivity contribution in [2.45, 2.75) is 18.9 Å². The SMILES string of the molecule is Clc1nccnc1NCC1CCCO1. The molecule has 14 heavy (non-hydrogen) atoms. The monoisotopic (exact) mass is 213 g/mol. The zero-order valence-corrected chi connectivity index (χ0v) is 8.50. The number of aromatic nitrogens is 2. The van der Waals surface area contributed by atoms with Crippen LogP contribution in [0.2, 0.25) is 5.15 Å². The van der Waals surface area contributed by atoms with Crippen LogP contribution in [-0.4, -0.2) is 29.2 Å². The summed E-state index contributed by atoms with van der Waals surface area (Å²) in [5, 5.41) is 3.53. The van der Waals surface area contributed by atoms with E-state index in [9.17, 15) is 0 Å². The first-order valence-corrected chi connectivity index (χ1v) is 5.06. The van der Waals surface area contributed by atoms with Crippen molar-refractivity contribution >= 4 is 17.4 Å². The molecule has 1 aliphatic heterocycles. The first-order chi connectivity index (χ1) is 6.86. The average Bonchev–Trinajstić information content (AvgIpc) is 2.69. The van der Waals surface area contributed by atoms with Gasteiger partial charge in [-0.2, -0.15) is 0 Å². The maximum absolute atomic E-state index is 5.83. The molecule has 1 unspecified atom stereocenters. The number of ether oxygens (including phenoxy) is 1. The van der Waals surface area contributed by atoms with E-state index >= 15 is 0 Å². The van der Waals surface area contributed by atoms with E-state index in [1.807, 2.05) is 0 Å². The van der Waals surface area contributed by atoms with Crippen LogP contribution in [0.25, 0.3) is 0 Å². The van der Waals surface area contributed by atoms with Crippen molar-refractivity contribution in [2.24, 2.45) is 0 Å². The molecule has 76 valence electrons. The number of hydrogen-bond acceptors (Lipinski definition) is 4. The molecule has 0 saturated carbocycles. The highest BCUT2D eigenvalue weighted by Crippen LogP contribution is 2.16. The summed E-state index contributed by atoms with van der Waals surface area (Å²) in [4.78, 5) is 8.00. The Bertz CT molecular complexity index is 302. The van der Waals surface area contributed by atoms with Gasteiger partial charge in [0.15, 0.2) is 11.0 Å². The highest BCUT2D eigenvalue weighted by Gasteiger charge is 2.15. The summed E-state index contributed by atoms with van der Waals surface area (Å²) in [5.41, 5.74) is 0. The van der Waals surface area contributed by atoms with E-state index in [1.165, 1.54) is 0 Å². The van der Waals surface area contributed by atoms with Crippen LogP contribution in [0, 0.1) is 0 Å². The van der Waals surface area contributed by atoms with Crippen molar-refractivity contribution < 1.29 is 4.74 Å². The van der Waals surface area contributed by atoms with Gasteiger partial charge in [-0.3, -0.25) is 0 Å². The molecular weight excluding hydrogens is 202 g/mol. The summed E-state index contributed by atoms with van der Waals surface area (Å²) < 4.78 is 5.46. The van der Waals surface area contributed by atoms with Gasteiger partial charge in [0.2, 0.25) is 0 Å². The van der Waals surface area contributed by atoms with Crippen molar-refractivity contribution in [2.75, 3.05) is 18.5 Å². The fraction of sp³-hybridized carbons (Fsp3) is 0.556. The molecule has 0 radical (unpaired) electrons. The van der Waals surface area contributed by atoms with Gasteiger partial charge in [-0.1, -0.05) is 11.6 Å². The summed E-state index contributed by atoms with van der Waals surface area (Å²) in [5.74, 6) is 0.629. The van der Waals surface area contributed by atoms with E-state index < -0.39 is 0 Å². The van der Waals surface area contributed by atoms with Gasteiger partial charge in [0.1, 0.15) is 0 Å². The zero-order chi connectivity index (χ0) is 9.80. The van der Waals surface area contributed by atoms with Crippen LogP contribution in [0.5, 0.6) is 0 Å². The summed E-state index contributed by atoms with van der Waals surface area (Å²) in [6.07, 6.45) is 5.71. The Hall–Kier alpha value is -0.870. The minimum atomic E-state index is 0.285. The quantitative estimate of drug-likeness (QED) is 0.831. The molecule has 1 fully saturated rings. The lowest BCUT2D eigenvalue weighted by atomic mass is 10.2. The minimum absolute atomic E-state index is 0.285. The molecule has 0 aromatic carbocycles. The fourth-order valence-electron chi connectivity index (χ4n) is 1.46. The first-order valence-electron chi connectivity index (χ1n) is 4.68. The van der Waals surface area contributed by atoms with Crippen molar-refractivity contribution in [3.63, 3.8) is 0 Å². The topological polar surface area (TPSA) is 47.0 Å². The van der Waals surface area contributed by atoms with Gasteiger partial charge >= 0.3 is 0 Å². The van der Waals surface area contributed by atoms with E-state index in [0.717, 1.165) is 26.0 Å². The Balaban J connectivity index is 1.88. The average molecular weight is 214 g/mol. The zero-order valence-electron chi connectivity index (χ0n) is 7.74. The van der Waals surface area contributed by atoms with Gasteiger partial charge in [-0.25, -0.2) is 9.97 Å². The summed E-state index contributed by atoms with van der Waals surface area (Å²) in [7, 11) is 0. The molecule has 0 aliphatic carbocycles. The maximum atomic E-state index is 5.83. The van der Waals surface area contributed by atoms with Crippen molar-refractivity contribution in [3.8, 4) is 0 Å². The predicted octanol–water partition coefficient (Wildman–Crippen LogP) is 1.72. The smallest absolute Gasteiger partial charge is 0.171 e. The normalized spacial score (nSPS) is 21.1. The second-order valence-corrected chi connectivity index (χ2v) is 3.57. The van der Waals surface area contributed by atoms with E-state index in [-0.39, 0.29) is 6.10 Å². The van der Waals surface area contributed by atoms with Crippen LogP contribution in [0.1, 0.15) is 12.8 Å². The number of halogens is 1. The largest absolute Gasteiger partial charge is 0.376 e. The fourth-order valence-corrected chi connectivity index (χ4v) is 1.63. The summed E-state index contributed by atoms with van der Waals surface area (Å²) >= 11 is 5.83. The maximum Gasteiger partial charge on any atom is 0.171 e. The van der Waals surface area contributed by atoms with Gasteiger partial charge in [0.05, 0.1) is 6.10 Å². The third-order valence-corrected chi connectivity index (χ3v) is 2.45. The number of anilines is 1. The number of nitrogens with one attached hydrogen (secondary N) is 1. The number of rotatable bonds is 3. The summed E-state index contributed by atoms with van der Waals surface area (Å²) in [6.45, 7) is 1.61. The van der Waals surface area contributed by atoms with E-state index in [4.69, 9.17) is 16.3 Å². The Kier molecular flexibility index (Phi) is 3.16. The molecule has 1 aromatic rings. The lowest BCUT2D eigenvalue weighted by molar-refractivity contribution is 0.120. The second-order valence-electron chi connectivity index (χ2n) is 3.21. The lowest BCUT2D eigenvalue weighted by Gasteiger charge is -2.11. The molecule has 1 aromatic heterocycles. The number of nitrogens with zero attached hydrogens (tertiary/aromatic N) is 2. The van der Waals surface area contributed by atoms with Gasteiger partial charge < -0.3 is 10.1 Å². The van der Waals surface area contributed by atoms with Crippen LogP contribution < -0.4 is 5.32 Å². The standard InChI is InChI=1S/C9H12ClN3O/c10-8-9(12-4-3-11-8)13-6-7-2-1-5-14-7/h3-4,7H,1-2,5-6H2,(H,12,13). The predicted molar refractivity (Wildman–Crippen MR) is 54.5 cm³/mol. The molecule has 1 N–H and O–H groups in total. The van der Waals surface area contributed by atoms with Crippen molar-refractivity contribution in [1.29, 1.82) is 0 Å². The Labute approximate surface area is 87.7 Å². The molecular formula is C9H12ClN3O. The molecule has 5 heteroatoms. The minimum Gasteiger partial charge on any atom is -0.376 e. The third kappa shape index (κ3) is 2.33. The van der Waals surface area contributed by atoms with Crippen LogP contribution in [0.15, 0.2) is 12.4 Å².